The van der Waals surface area contributed by atoms with Crippen LogP contribution in [0.15, 0.2) is 12.3 Å². The maximum atomic E-state index is 12.5. The van der Waals surface area contributed by atoms with Crippen molar-refractivity contribution in [2.45, 2.75) is 6.92 Å². The summed E-state index contributed by atoms with van der Waals surface area (Å²) < 4.78 is 15.3. The predicted molar refractivity (Wildman–Crippen MR) is 87.6 cm³/mol. The largest absolute Gasteiger partial charge is 0.493 e. The number of carbonyl (C=O) groups is 1. The molecule has 9 nitrogen and oxygen atoms in total. The highest BCUT2D eigenvalue weighted by atomic mass is 32.1. The maximum Gasteiger partial charge on any atom is 0.327 e. The first kappa shape index (κ1) is 17.5. The lowest BCUT2D eigenvalue weighted by Crippen LogP contribution is -2.15. The van der Waals surface area contributed by atoms with Gasteiger partial charge < -0.3 is 14.2 Å². The number of amides is 1. The van der Waals surface area contributed by atoms with Crippen LogP contribution in [-0.4, -0.2) is 37.1 Å². The first-order valence-corrected chi connectivity index (χ1v) is 7.45. The number of carbonyl (C=O) groups excluding carboxylic acids is 1. The highest BCUT2D eigenvalue weighted by Crippen LogP contribution is 2.46. The molecule has 0 saturated heterocycles. The molecule has 0 radical (unpaired) electrons. The average Bonchev–Trinajstić information content (AvgIpc) is 2.96. The second-order valence-corrected chi connectivity index (χ2v) is 5.76. The van der Waals surface area contributed by atoms with Gasteiger partial charge in [-0.25, -0.2) is 4.98 Å². The summed E-state index contributed by atoms with van der Waals surface area (Å²) in [6.07, 6.45) is 1.59. The Morgan fingerprint density at radius 3 is 2.38 bits per heavy atom. The number of ether oxygens (including phenoxy) is 3. The number of rotatable bonds is 6. The molecule has 1 aromatic carbocycles. The summed E-state index contributed by atoms with van der Waals surface area (Å²) in [6.45, 7) is 1.83. The minimum Gasteiger partial charge on any atom is -0.493 e. The Hall–Kier alpha value is -2.88. The number of aryl methyl sites for hydroxylation is 1. The molecule has 24 heavy (non-hydrogen) atoms. The number of nitrogens with one attached hydrogen (secondary N) is 1. The van der Waals surface area contributed by atoms with E-state index in [2.05, 4.69) is 10.3 Å². The van der Waals surface area contributed by atoms with Crippen LogP contribution in [0.2, 0.25) is 0 Å². The summed E-state index contributed by atoms with van der Waals surface area (Å²) in [5.74, 6) is -0.716. The fourth-order valence-corrected chi connectivity index (χ4v) is 2.73. The smallest absolute Gasteiger partial charge is 0.327 e. The summed E-state index contributed by atoms with van der Waals surface area (Å²) in [7, 11) is 3.92. The van der Waals surface area contributed by atoms with E-state index in [0.29, 0.717) is 5.13 Å². The van der Waals surface area contributed by atoms with Gasteiger partial charge in [0.1, 0.15) is 5.56 Å². The molecule has 0 spiro atoms. The molecule has 0 saturated carbocycles. The van der Waals surface area contributed by atoms with Gasteiger partial charge in [0.15, 0.2) is 10.9 Å². The van der Waals surface area contributed by atoms with Crippen LogP contribution < -0.4 is 19.5 Å². The van der Waals surface area contributed by atoms with Crippen molar-refractivity contribution in [2.75, 3.05) is 26.6 Å². The van der Waals surface area contributed by atoms with Crippen molar-refractivity contribution in [3.8, 4) is 17.2 Å². The van der Waals surface area contributed by atoms with E-state index in [0.717, 1.165) is 4.88 Å². The van der Waals surface area contributed by atoms with E-state index in [1.807, 2.05) is 6.92 Å². The van der Waals surface area contributed by atoms with E-state index in [4.69, 9.17) is 14.2 Å². The standard InChI is InChI=1S/C14H15N3O6S/c1-7-6-15-14(24-7)16-13(18)8-5-9(21-2)11(22-3)12(23-4)10(8)17(19)20/h5-6H,1-4H3,(H,15,16,18). The van der Waals surface area contributed by atoms with E-state index in [1.165, 1.54) is 38.7 Å². The summed E-state index contributed by atoms with van der Waals surface area (Å²) in [5.41, 5.74) is -0.733. The van der Waals surface area contributed by atoms with Crippen LogP contribution >= 0.6 is 11.3 Å². The number of benzene rings is 1. The van der Waals surface area contributed by atoms with Gasteiger partial charge in [0.05, 0.1) is 26.3 Å². The number of hydrogen-bond donors (Lipinski definition) is 1. The van der Waals surface area contributed by atoms with E-state index in [-0.39, 0.29) is 22.8 Å². The van der Waals surface area contributed by atoms with Crippen molar-refractivity contribution in [2.24, 2.45) is 0 Å². The Kier molecular flexibility index (Phi) is 5.19. The van der Waals surface area contributed by atoms with Gasteiger partial charge in [-0.15, -0.1) is 11.3 Å². The molecular weight excluding hydrogens is 338 g/mol. The van der Waals surface area contributed by atoms with Crippen molar-refractivity contribution in [3.05, 3.63) is 32.8 Å². The highest BCUT2D eigenvalue weighted by Gasteiger charge is 2.32. The quantitative estimate of drug-likeness (QED) is 0.627. The summed E-state index contributed by atoms with van der Waals surface area (Å²) >= 11 is 1.25. The van der Waals surface area contributed by atoms with Gasteiger partial charge in [-0.2, -0.15) is 0 Å². The Labute approximate surface area is 141 Å². The Balaban J connectivity index is 2.58. The molecule has 0 aliphatic heterocycles. The van der Waals surface area contributed by atoms with Crippen molar-refractivity contribution >= 4 is 28.1 Å². The van der Waals surface area contributed by atoms with Crippen LogP contribution in [0.3, 0.4) is 0 Å². The predicted octanol–water partition coefficient (Wildman–Crippen LogP) is 2.64. The molecule has 1 aromatic heterocycles. The fraction of sp³-hybridized carbons (Fsp3) is 0.286. The molecule has 0 aliphatic carbocycles. The number of hydrogen-bond acceptors (Lipinski definition) is 8. The van der Waals surface area contributed by atoms with Crippen molar-refractivity contribution in [1.29, 1.82) is 0 Å². The fourth-order valence-electron chi connectivity index (χ4n) is 2.07. The van der Waals surface area contributed by atoms with Gasteiger partial charge in [0, 0.05) is 17.1 Å². The van der Waals surface area contributed by atoms with Crippen molar-refractivity contribution in [1.82, 2.24) is 4.98 Å². The zero-order chi connectivity index (χ0) is 17.9. The van der Waals surface area contributed by atoms with Gasteiger partial charge in [-0.1, -0.05) is 0 Å². The topological polar surface area (TPSA) is 113 Å². The van der Waals surface area contributed by atoms with Crippen molar-refractivity contribution in [3.63, 3.8) is 0 Å². The number of thiazole rings is 1. The van der Waals surface area contributed by atoms with E-state index >= 15 is 0 Å². The van der Waals surface area contributed by atoms with Crippen LogP contribution in [0.1, 0.15) is 15.2 Å². The number of aromatic nitrogens is 1. The van der Waals surface area contributed by atoms with Gasteiger partial charge in [-0.3, -0.25) is 20.2 Å². The maximum absolute atomic E-state index is 12.5. The van der Waals surface area contributed by atoms with Crippen molar-refractivity contribution < 1.29 is 23.9 Å². The van der Waals surface area contributed by atoms with E-state index in [9.17, 15) is 14.9 Å². The second kappa shape index (κ2) is 7.13. The molecular formula is C14H15N3O6S. The molecule has 0 unspecified atom stereocenters. The zero-order valence-electron chi connectivity index (χ0n) is 13.4. The lowest BCUT2D eigenvalue weighted by atomic mass is 10.1. The molecule has 0 fully saturated rings. The van der Waals surface area contributed by atoms with Gasteiger partial charge in [0.25, 0.3) is 5.91 Å². The number of nitro groups is 1. The number of methoxy groups -OCH3 is 3. The molecule has 0 aliphatic rings. The molecule has 128 valence electrons. The zero-order valence-corrected chi connectivity index (χ0v) is 14.2. The molecule has 1 amide bonds. The number of anilines is 1. The van der Waals surface area contributed by atoms with E-state index in [1.54, 1.807) is 6.20 Å². The summed E-state index contributed by atoms with van der Waals surface area (Å²) in [5, 5.41) is 14.3. The minimum absolute atomic E-state index is 0.0355. The lowest BCUT2D eigenvalue weighted by Gasteiger charge is -2.14. The first-order chi connectivity index (χ1) is 11.4. The molecule has 2 aromatic rings. The lowest BCUT2D eigenvalue weighted by molar-refractivity contribution is -0.386. The Morgan fingerprint density at radius 1 is 1.25 bits per heavy atom. The molecule has 0 atom stereocenters. The van der Waals surface area contributed by atoms with Gasteiger partial charge in [-0.05, 0) is 6.92 Å². The molecule has 1 N–H and O–H groups in total. The first-order valence-electron chi connectivity index (χ1n) is 6.64. The van der Waals surface area contributed by atoms with Gasteiger partial charge in [0.2, 0.25) is 11.5 Å². The highest BCUT2D eigenvalue weighted by molar-refractivity contribution is 7.15. The van der Waals surface area contributed by atoms with Crippen LogP contribution in [0.4, 0.5) is 10.8 Å². The normalized spacial score (nSPS) is 10.2. The van der Waals surface area contributed by atoms with Crippen LogP contribution in [0, 0.1) is 17.0 Å². The SMILES string of the molecule is COc1cc(C(=O)Nc2ncc(C)s2)c([N+](=O)[O-])c(OC)c1OC. The van der Waals surface area contributed by atoms with Crippen LogP contribution in [-0.2, 0) is 0 Å². The Morgan fingerprint density at radius 2 is 1.92 bits per heavy atom. The monoisotopic (exact) mass is 353 g/mol. The summed E-state index contributed by atoms with van der Waals surface area (Å²) in [4.78, 5) is 28.1. The minimum atomic E-state index is -0.706. The average molecular weight is 353 g/mol. The Bertz CT molecular complexity index is 789. The third kappa shape index (κ3) is 3.23. The molecule has 0 bridgehead atoms. The van der Waals surface area contributed by atoms with E-state index < -0.39 is 16.5 Å². The number of nitro benzene ring substituents is 1. The number of nitrogens with zero attached hydrogens (tertiary/aromatic N) is 2. The molecule has 1 heterocycles. The summed E-state index contributed by atoms with van der Waals surface area (Å²) in [6, 6.07) is 1.23. The molecule has 10 heteroatoms. The van der Waals surface area contributed by atoms with Gasteiger partial charge >= 0.3 is 5.69 Å². The second-order valence-electron chi connectivity index (χ2n) is 4.53. The third-order valence-corrected chi connectivity index (χ3v) is 3.90. The van der Waals surface area contributed by atoms with Crippen LogP contribution in [0.25, 0.3) is 0 Å². The molecule has 2 rings (SSSR count). The third-order valence-electron chi connectivity index (χ3n) is 3.07. The van der Waals surface area contributed by atoms with Crippen LogP contribution in [0.5, 0.6) is 17.2 Å².